The molecule has 278 valence electrons. The van der Waals surface area contributed by atoms with E-state index in [2.05, 4.69) is 131 Å². The van der Waals surface area contributed by atoms with E-state index in [1.54, 1.807) is 0 Å². The van der Waals surface area contributed by atoms with E-state index < -0.39 is 0 Å². The molecule has 0 bridgehead atoms. The number of hydrogen-bond acceptors (Lipinski definition) is 0. The molecule has 52 heavy (non-hydrogen) atoms. The molecule has 0 atom stereocenters. The molecule has 0 spiro atoms. The molecule has 0 saturated carbocycles. The van der Waals surface area contributed by atoms with Crippen molar-refractivity contribution in [3.05, 3.63) is 105 Å². The Morgan fingerprint density at radius 3 is 0.962 bits per heavy atom. The molecule has 5 aromatic rings. The van der Waals surface area contributed by atoms with Crippen LogP contribution in [0.2, 0.25) is 0 Å². The molecule has 0 N–H and O–H groups in total. The SMILES string of the molecule is CCCCCCCCCCCCc1ccc(-c2c3ccc(Br)cc3c(-c3ccc(CCCCCCCCCCCC)cc3)c3ccc(Br)cc23)cc1. The number of fused-ring (bicyclic) bond motifs is 2. The minimum Gasteiger partial charge on any atom is -0.0654 e. The van der Waals surface area contributed by atoms with Crippen molar-refractivity contribution in [3.63, 3.8) is 0 Å². The molecule has 0 nitrogen and oxygen atoms in total. The van der Waals surface area contributed by atoms with Crippen LogP contribution in [0.5, 0.6) is 0 Å². The van der Waals surface area contributed by atoms with Gasteiger partial charge >= 0.3 is 0 Å². The molecule has 5 aromatic carbocycles. The van der Waals surface area contributed by atoms with Crippen LogP contribution in [0.25, 0.3) is 43.8 Å². The third-order valence-corrected chi connectivity index (χ3v) is 12.2. The lowest BCUT2D eigenvalue weighted by molar-refractivity contribution is 0.556. The highest BCUT2D eigenvalue weighted by Crippen LogP contribution is 2.45. The molecule has 0 aromatic heterocycles. The molecule has 0 heterocycles. The molecule has 0 aliphatic carbocycles. The fourth-order valence-electron chi connectivity index (χ4n) is 8.10. The van der Waals surface area contributed by atoms with Crippen LogP contribution in [-0.4, -0.2) is 0 Å². The Kier molecular flexibility index (Phi) is 17.8. The van der Waals surface area contributed by atoms with Crippen LogP contribution in [0.3, 0.4) is 0 Å². The quantitative estimate of drug-likeness (QED) is 0.0430. The van der Waals surface area contributed by atoms with Gasteiger partial charge in [-0.2, -0.15) is 0 Å². The standard InChI is InChI=1S/C50H64Br2/c1-3-5-7-9-11-13-15-17-19-21-23-39-25-29-41(30-26-39)49-45-35-33-44(52)38-48(45)50(46-36-34-43(51)37-47(46)49)42-31-27-40(28-32-42)24-22-20-18-16-14-12-10-8-6-4-2/h25-38H,3-24H2,1-2H3. The van der Waals surface area contributed by atoms with Gasteiger partial charge in [-0.1, -0.05) is 222 Å². The van der Waals surface area contributed by atoms with Crippen molar-refractivity contribution in [1.82, 2.24) is 0 Å². The molecule has 5 rings (SSSR count). The summed E-state index contributed by atoms with van der Waals surface area (Å²) in [5.74, 6) is 0. The predicted octanol–water partition coefficient (Wildman–Crippen LogP) is 17.8. The maximum atomic E-state index is 3.83. The first-order valence-corrected chi connectivity index (χ1v) is 22.7. The second-order valence-electron chi connectivity index (χ2n) is 15.4. The van der Waals surface area contributed by atoms with Gasteiger partial charge in [-0.25, -0.2) is 0 Å². The Bertz CT molecular complexity index is 1630. The van der Waals surface area contributed by atoms with Gasteiger partial charge < -0.3 is 0 Å². The van der Waals surface area contributed by atoms with Gasteiger partial charge in [-0.15, -0.1) is 0 Å². The van der Waals surface area contributed by atoms with Crippen molar-refractivity contribution in [1.29, 1.82) is 0 Å². The summed E-state index contributed by atoms with van der Waals surface area (Å²) in [5, 5.41) is 5.22. The summed E-state index contributed by atoms with van der Waals surface area (Å²) in [6, 6.07) is 32.6. The van der Waals surface area contributed by atoms with E-state index in [0.717, 1.165) is 8.95 Å². The molecular weight excluding hydrogens is 760 g/mol. The highest BCUT2D eigenvalue weighted by atomic mass is 79.9. The highest BCUT2D eigenvalue weighted by molar-refractivity contribution is 9.10. The zero-order valence-electron chi connectivity index (χ0n) is 32.4. The number of rotatable bonds is 24. The van der Waals surface area contributed by atoms with E-state index in [4.69, 9.17) is 0 Å². The van der Waals surface area contributed by atoms with Crippen LogP contribution >= 0.6 is 31.9 Å². The molecule has 0 saturated heterocycles. The summed E-state index contributed by atoms with van der Waals surface area (Å²) < 4.78 is 2.24. The second kappa shape index (κ2) is 22.7. The maximum Gasteiger partial charge on any atom is 0.0181 e. The van der Waals surface area contributed by atoms with Crippen molar-refractivity contribution in [2.75, 3.05) is 0 Å². The average Bonchev–Trinajstić information content (AvgIpc) is 3.16. The Morgan fingerprint density at radius 2 is 0.635 bits per heavy atom. The molecule has 2 heteroatoms. The van der Waals surface area contributed by atoms with Crippen molar-refractivity contribution < 1.29 is 0 Å². The second-order valence-corrected chi connectivity index (χ2v) is 17.2. The minimum absolute atomic E-state index is 1.12. The summed E-state index contributed by atoms with van der Waals surface area (Å²) in [7, 11) is 0. The monoisotopic (exact) mass is 822 g/mol. The number of benzene rings is 5. The third-order valence-electron chi connectivity index (χ3n) is 11.2. The van der Waals surface area contributed by atoms with Gasteiger partial charge in [0.2, 0.25) is 0 Å². The maximum absolute atomic E-state index is 3.83. The minimum atomic E-state index is 1.12. The Balaban J connectivity index is 1.27. The molecule has 0 aliphatic rings. The zero-order chi connectivity index (χ0) is 36.4. The van der Waals surface area contributed by atoms with Crippen molar-refractivity contribution in [2.45, 2.75) is 155 Å². The first-order valence-electron chi connectivity index (χ1n) is 21.1. The van der Waals surface area contributed by atoms with E-state index in [1.165, 1.54) is 196 Å². The fraction of sp³-hybridized carbons (Fsp3) is 0.480. The fourth-order valence-corrected chi connectivity index (χ4v) is 8.83. The number of aryl methyl sites for hydroxylation is 2. The number of hydrogen-bond donors (Lipinski definition) is 0. The molecule has 0 unspecified atom stereocenters. The van der Waals surface area contributed by atoms with Crippen LogP contribution in [0.4, 0.5) is 0 Å². The van der Waals surface area contributed by atoms with Crippen LogP contribution in [0, 0.1) is 0 Å². The largest absolute Gasteiger partial charge is 0.0654 e. The first-order chi connectivity index (χ1) is 25.6. The summed E-state index contributed by atoms with van der Waals surface area (Å²) in [6.07, 6.45) is 30.0. The van der Waals surface area contributed by atoms with E-state index in [-0.39, 0.29) is 0 Å². The van der Waals surface area contributed by atoms with Crippen LogP contribution < -0.4 is 0 Å². The summed E-state index contributed by atoms with van der Waals surface area (Å²) >= 11 is 7.66. The van der Waals surface area contributed by atoms with Gasteiger partial charge in [0.05, 0.1) is 0 Å². The van der Waals surface area contributed by atoms with E-state index in [0.29, 0.717) is 0 Å². The van der Waals surface area contributed by atoms with Gasteiger partial charge in [0, 0.05) is 8.95 Å². The Labute approximate surface area is 333 Å². The summed E-state index contributed by atoms with van der Waals surface area (Å²) in [4.78, 5) is 0. The molecule has 0 fully saturated rings. The van der Waals surface area contributed by atoms with E-state index in [9.17, 15) is 0 Å². The number of unbranched alkanes of at least 4 members (excludes halogenated alkanes) is 18. The van der Waals surface area contributed by atoms with Gasteiger partial charge in [0.25, 0.3) is 0 Å². The zero-order valence-corrected chi connectivity index (χ0v) is 35.6. The molecule has 0 amide bonds. The molecule has 0 aliphatic heterocycles. The van der Waals surface area contributed by atoms with Gasteiger partial charge in [0.1, 0.15) is 0 Å². The summed E-state index contributed by atoms with van der Waals surface area (Å²) in [5.41, 5.74) is 8.14. The van der Waals surface area contributed by atoms with E-state index in [1.807, 2.05) is 0 Å². The van der Waals surface area contributed by atoms with Crippen LogP contribution in [0.1, 0.15) is 153 Å². The summed E-state index contributed by atoms with van der Waals surface area (Å²) in [6.45, 7) is 4.60. The average molecular weight is 825 g/mol. The first kappa shape index (κ1) is 40.8. The van der Waals surface area contributed by atoms with Crippen LogP contribution in [-0.2, 0) is 12.8 Å². The number of halogens is 2. The van der Waals surface area contributed by atoms with Gasteiger partial charge in [-0.3, -0.25) is 0 Å². The van der Waals surface area contributed by atoms with Gasteiger partial charge in [-0.05, 0) is 105 Å². The Hall–Kier alpha value is -2.42. The van der Waals surface area contributed by atoms with Crippen molar-refractivity contribution >= 4 is 53.4 Å². The lowest BCUT2D eigenvalue weighted by Gasteiger charge is -2.19. The Morgan fingerprint density at radius 1 is 0.327 bits per heavy atom. The lowest BCUT2D eigenvalue weighted by Crippen LogP contribution is -1.93. The van der Waals surface area contributed by atoms with Crippen molar-refractivity contribution in [3.8, 4) is 22.3 Å². The normalized spacial score (nSPS) is 11.6. The molecular formula is C50H64Br2. The smallest absolute Gasteiger partial charge is 0.0181 e. The van der Waals surface area contributed by atoms with Crippen LogP contribution in [0.15, 0.2) is 93.9 Å². The topological polar surface area (TPSA) is 0 Å². The van der Waals surface area contributed by atoms with E-state index >= 15 is 0 Å². The highest BCUT2D eigenvalue weighted by Gasteiger charge is 2.18. The molecule has 0 radical (unpaired) electrons. The van der Waals surface area contributed by atoms with Gasteiger partial charge in [0.15, 0.2) is 0 Å². The third kappa shape index (κ3) is 12.3. The predicted molar refractivity (Wildman–Crippen MR) is 239 cm³/mol. The lowest BCUT2D eigenvalue weighted by atomic mass is 9.85. The van der Waals surface area contributed by atoms with Crippen molar-refractivity contribution in [2.24, 2.45) is 0 Å².